The van der Waals surface area contributed by atoms with Crippen molar-refractivity contribution in [3.05, 3.63) is 17.0 Å². The molecule has 0 fully saturated rings. The SMILES string of the molecule is COC(=O)c1onc(C(C)C)c1C(=O)OC. The summed E-state index contributed by atoms with van der Waals surface area (Å²) in [5.41, 5.74) is 0.414. The van der Waals surface area contributed by atoms with E-state index < -0.39 is 11.9 Å². The van der Waals surface area contributed by atoms with Gasteiger partial charge in [-0.05, 0) is 5.92 Å². The molecule has 0 amide bonds. The van der Waals surface area contributed by atoms with Gasteiger partial charge in [0.1, 0.15) is 11.3 Å². The van der Waals surface area contributed by atoms with Crippen LogP contribution < -0.4 is 0 Å². The second-order valence-electron chi connectivity index (χ2n) is 3.41. The minimum atomic E-state index is -0.750. The first kappa shape index (κ1) is 12.2. The zero-order valence-electron chi connectivity index (χ0n) is 9.57. The van der Waals surface area contributed by atoms with E-state index in [9.17, 15) is 9.59 Å². The number of methoxy groups -OCH3 is 2. The molecule has 0 aliphatic carbocycles. The predicted molar refractivity (Wildman–Crippen MR) is 53.3 cm³/mol. The van der Waals surface area contributed by atoms with Crippen LogP contribution in [0.2, 0.25) is 0 Å². The Kier molecular flexibility index (Phi) is 3.65. The summed E-state index contributed by atoms with van der Waals surface area (Å²) in [4.78, 5) is 22.8. The second kappa shape index (κ2) is 4.78. The van der Waals surface area contributed by atoms with Crippen LogP contribution in [0, 0.1) is 0 Å². The van der Waals surface area contributed by atoms with Gasteiger partial charge in [0.05, 0.1) is 14.2 Å². The molecule has 0 saturated heterocycles. The summed E-state index contributed by atoms with van der Waals surface area (Å²) >= 11 is 0. The number of esters is 2. The smallest absolute Gasteiger partial charge is 0.377 e. The highest BCUT2D eigenvalue weighted by molar-refractivity contribution is 6.02. The molecule has 0 saturated carbocycles. The summed E-state index contributed by atoms with van der Waals surface area (Å²) in [6, 6.07) is 0. The first-order chi connectivity index (χ1) is 7.52. The highest BCUT2D eigenvalue weighted by atomic mass is 16.6. The molecule has 0 bridgehead atoms. The Morgan fingerprint density at radius 1 is 1.19 bits per heavy atom. The zero-order valence-corrected chi connectivity index (χ0v) is 9.57. The molecular formula is C10H13NO5. The third-order valence-corrected chi connectivity index (χ3v) is 2.03. The monoisotopic (exact) mass is 227 g/mol. The van der Waals surface area contributed by atoms with Gasteiger partial charge < -0.3 is 14.0 Å². The van der Waals surface area contributed by atoms with Gasteiger partial charge in [-0.15, -0.1) is 0 Å². The van der Waals surface area contributed by atoms with Crippen molar-refractivity contribution < 1.29 is 23.6 Å². The summed E-state index contributed by atoms with van der Waals surface area (Å²) in [5.74, 6) is -1.69. The van der Waals surface area contributed by atoms with Gasteiger partial charge >= 0.3 is 11.9 Å². The van der Waals surface area contributed by atoms with Crippen molar-refractivity contribution in [3.63, 3.8) is 0 Å². The molecule has 0 N–H and O–H groups in total. The Bertz CT molecular complexity index is 407. The fraction of sp³-hybridized carbons (Fsp3) is 0.500. The molecule has 0 spiro atoms. The highest BCUT2D eigenvalue weighted by Crippen LogP contribution is 2.23. The number of carbonyl (C=O) groups is 2. The standard InChI is InChI=1S/C10H13NO5/c1-5(2)7-6(9(12)14-3)8(16-11-7)10(13)15-4/h5H,1-4H3. The Balaban J connectivity index is 3.30. The van der Waals surface area contributed by atoms with Crippen LogP contribution in [-0.4, -0.2) is 31.3 Å². The van der Waals surface area contributed by atoms with E-state index in [1.807, 2.05) is 13.8 Å². The van der Waals surface area contributed by atoms with Crippen LogP contribution in [0.5, 0.6) is 0 Å². The molecule has 1 aromatic rings. The lowest BCUT2D eigenvalue weighted by atomic mass is 10.0. The molecule has 0 aliphatic heterocycles. The minimum absolute atomic E-state index is 0.0318. The van der Waals surface area contributed by atoms with Crippen LogP contribution in [0.4, 0.5) is 0 Å². The lowest BCUT2D eigenvalue weighted by Crippen LogP contribution is -2.11. The van der Waals surface area contributed by atoms with Crippen LogP contribution in [-0.2, 0) is 9.47 Å². The molecule has 0 atom stereocenters. The number of nitrogens with zero attached hydrogens (tertiary/aromatic N) is 1. The first-order valence-electron chi connectivity index (χ1n) is 4.69. The average Bonchev–Trinajstić information content (AvgIpc) is 2.71. The Hall–Kier alpha value is -1.85. The van der Waals surface area contributed by atoms with Gasteiger partial charge in [0.15, 0.2) is 0 Å². The molecule has 0 unspecified atom stereocenters. The third kappa shape index (κ3) is 2.05. The van der Waals surface area contributed by atoms with E-state index >= 15 is 0 Å². The van der Waals surface area contributed by atoms with Gasteiger partial charge in [0, 0.05) is 0 Å². The zero-order chi connectivity index (χ0) is 12.3. The number of rotatable bonds is 3. The normalized spacial score (nSPS) is 10.3. The molecule has 1 rings (SSSR count). The number of carbonyl (C=O) groups excluding carboxylic acids is 2. The largest absolute Gasteiger partial charge is 0.465 e. The van der Waals surface area contributed by atoms with E-state index in [2.05, 4.69) is 14.6 Å². The van der Waals surface area contributed by atoms with Crippen molar-refractivity contribution in [1.29, 1.82) is 0 Å². The topological polar surface area (TPSA) is 78.6 Å². The van der Waals surface area contributed by atoms with Crippen molar-refractivity contribution >= 4 is 11.9 Å². The minimum Gasteiger partial charge on any atom is -0.465 e. The maximum atomic E-state index is 11.5. The van der Waals surface area contributed by atoms with Crippen LogP contribution in [0.15, 0.2) is 4.52 Å². The molecule has 1 aromatic heterocycles. The van der Waals surface area contributed by atoms with E-state index in [1.54, 1.807) is 0 Å². The van der Waals surface area contributed by atoms with Gasteiger partial charge in [-0.3, -0.25) is 0 Å². The Labute approximate surface area is 92.5 Å². The fourth-order valence-electron chi connectivity index (χ4n) is 1.23. The van der Waals surface area contributed by atoms with Crippen molar-refractivity contribution in [2.45, 2.75) is 19.8 Å². The summed E-state index contributed by atoms with van der Waals surface area (Å²) in [6.07, 6.45) is 0. The van der Waals surface area contributed by atoms with Gasteiger partial charge in [-0.2, -0.15) is 0 Å². The van der Waals surface area contributed by atoms with Crippen molar-refractivity contribution in [1.82, 2.24) is 5.16 Å². The molecule has 0 radical (unpaired) electrons. The maximum Gasteiger partial charge on any atom is 0.377 e. The van der Waals surface area contributed by atoms with Crippen LogP contribution in [0.1, 0.15) is 46.4 Å². The fourth-order valence-corrected chi connectivity index (χ4v) is 1.23. The molecule has 1 heterocycles. The van der Waals surface area contributed by atoms with E-state index in [0.29, 0.717) is 5.69 Å². The summed E-state index contributed by atoms with van der Waals surface area (Å²) in [7, 11) is 2.42. The van der Waals surface area contributed by atoms with Crippen LogP contribution in [0.25, 0.3) is 0 Å². The molecule has 6 nitrogen and oxygen atoms in total. The van der Waals surface area contributed by atoms with Gasteiger partial charge in [-0.1, -0.05) is 19.0 Å². The molecule has 0 aliphatic rings. The van der Waals surface area contributed by atoms with Gasteiger partial charge in [-0.25, -0.2) is 9.59 Å². The second-order valence-corrected chi connectivity index (χ2v) is 3.41. The lowest BCUT2D eigenvalue weighted by molar-refractivity contribution is 0.0521. The van der Waals surface area contributed by atoms with Crippen molar-refractivity contribution in [2.75, 3.05) is 14.2 Å². The summed E-state index contributed by atoms with van der Waals surface area (Å²) < 4.78 is 13.9. The number of aromatic nitrogens is 1. The van der Waals surface area contributed by atoms with Crippen molar-refractivity contribution in [3.8, 4) is 0 Å². The summed E-state index contributed by atoms with van der Waals surface area (Å²) in [6.45, 7) is 3.65. The Morgan fingerprint density at radius 3 is 2.19 bits per heavy atom. The molecule has 0 aromatic carbocycles. The Morgan fingerprint density at radius 2 is 1.75 bits per heavy atom. The lowest BCUT2D eigenvalue weighted by Gasteiger charge is -2.03. The average molecular weight is 227 g/mol. The molecule has 88 valence electrons. The van der Waals surface area contributed by atoms with E-state index in [1.165, 1.54) is 14.2 Å². The maximum absolute atomic E-state index is 11.5. The number of hydrogen-bond donors (Lipinski definition) is 0. The first-order valence-corrected chi connectivity index (χ1v) is 4.69. The van der Waals surface area contributed by atoms with Crippen LogP contribution >= 0.6 is 0 Å². The summed E-state index contributed by atoms with van der Waals surface area (Å²) in [5, 5.41) is 3.68. The van der Waals surface area contributed by atoms with Gasteiger partial charge in [0.2, 0.25) is 0 Å². The third-order valence-electron chi connectivity index (χ3n) is 2.03. The molecule has 6 heteroatoms. The number of ether oxygens (including phenoxy) is 2. The van der Waals surface area contributed by atoms with E-state index in [-0.39, 0.29) is 17.2 Å². The van der Waals surface area contributed by atoms with Gasteiger partial charge in [0.25, 0.3) is 5.76 Å². The predicted octanol–water partition coefficient (Wildman–Crippen LogP) is 1.37. The highest BCUT2D eigenvalue weighted by Gasteiger charge is 2.30. The quantitative estimate of drug-likeness (QED) is 0.725. The molecule has 16 heavy (non-hydrogen) atoms. The van der Waals surface area contributed by atoms with E-state index in [0.717, 1.165) is 0 Å². The van der Waals surface area contributed by atoms with E-state index in [4.69, 9.17) is 4.52 Å². The van der Waals surface area contributed by atoms with Crippen molar-refractivity contribution in [2.24, 2.45) is 0 Å². The molecular weight excluding hydrogens is 214 g/mol. The number of hydrogen-bond acceptors (Lipinski definition) is 6. The van der Waals surface area contributed by atoms with Crippen LogP contribution in [0.3, 0.4) is 0 Å².